The van der Waals surface area contributed by atoms with Crippen LogP contribution in [0.1, 0.15) is 68.9 Å². The first-order valence-corrected chi connectivity index (χ1v) is 15.1. The highest BCUT2D eigenvalue weighted by Crippen LogP contribution is 2.50. The molecule has 34 heavy (non-hydrogen) atoms. The Balaban J connectivity index is 2.12. The van der Waals surface area contributed by atoms with Gasteiger partial charge in [-0.05, 0) is 47.4 Å². The first-order chi connectivity index (χ1) is 16.6. The van der Waals surface area contributed by atoms with Crippen LogP contribution in [0.5, 0.6) is 0 Å². The van der Waals surface area contributed by atoms with Crippen LogP contribution >= 0.6 is 30.1 Å². The van der Waals surface area contributed by atoms with Crippen molar-refractivity contribution < 1.29 is 19.5 Å². The smallest absolute Gasteiger partial charge is 0.330 e. The average Bonchev–Trinajstić information content (AvgIpc) is 3.07. The summed E-state index contributed by atoms with van der Waals surface area (Å²) < 4.78 is 44.7. The highest BCUT2D eigenvalue weighted by atomic mass is 33.1. The Morgan fingerprint density at radius 2 is 1.97 bits per heavy atom. The molecule has 1 fully saturated rings. The van der Waals surface area contributed by atoms with E-state index in [0.717, 1.165) is 29.2 Å². The van der Waals surface area contributed by atoms with Crippen molar-refractivity contribution in [1.29, 1.82) is 0 Å². The second-order valence-corrected chi connectivity index (χ2v) is 13.4. The molecule has 0 radical (unpaired) electrons. The largest absolute Gasteiger partial charge is 0.349 e. The van der Waals surface area contributed by atoms with E-state index in [2.05, 4.69) is 23.5 Å². The summed E-state index contributed by atoms with van der Waals surface area (Å²) in [5.41, 5.74) is -1.35. The standard InChI is InChI=1S/C22H39FN3O5PS2/c1-14(2)26(15(3)4)32(29-12-8-9-13-33-34-16(5)6)31-20-17(7)30-21(19(20)23)25-11-10-18(27)24-22(25)28/h10-11,14-17,19-21H,8-9,12-13H2,1-7H3,(H,24,27,28)/i7D. The van der Waals surface area contributed by atoms with Crippen molar-refractivity contribution in [1.82, 2.24) is 14.2 Å². The lowest BCUT2D eigenvalue weighted by Gasteiger charge is -2.37. The maximum atomic E-state index is 15.6. The monoisotopic (exact) mass is 540 g/mol. The van der Waals surface area contributed by atoms with E-state index in [1.54, 1.807) is 0 Å². The molecule has 1 aromatic rings. The predicted molar refractivity (Wildman–Crippen MR) is 140 cm³/mol. The van der Waals surface area contributed by atoms with Gasteiger partial charge in [0, 0.05) is 36.7 Å². The quantitative estimate of drug-likeness (QED) is 0.198. The van der Waals surface area contributed by atoms with Crippen molar-refractivity contribution >= 4 is 30.1 Å². The topological polar surface area (TPSA) is 85.8 Å². The van der Waals surface area contributed by atoms with E-state index >= 15 is 4.39 Å². The van der Waals surface area contributed by atoms with Crippen LogP contribution in [0.2, 0.25) is 0 Å². The Kier molecular flexibility index (Phi) is 11.9. The molecule has 2 rings (SSSR count). The number of nitrogens with zero attached hydrogens (tertiary/aromatic N) is 2. The lowest BCUT2D eigenvalue weighted by molar-refractivity contribution is -0.0180. The highest BCUT2D eigenvalue weighted by Gasteiger charge is 2.47. The van der Waals surface area contributed by atoms with Crippen LogP contribution in [0.15, 0.2) is 21.9 Å². The third kappa shape index (κ3) is 8.61. The zero-order chi connectivity index (χ0) is 26.1. The number of H-pyrrole nitrogens is 1. The van der Waals surface area contributed by atoms with Gasteiger partial charge in [0.2, 0.25) is 0 Å². The molecule has 5 unspecified atom stereocenters. The molecule has 0 aromatic carbocycles. The summed E-state index contributed by atoms with van der Waals surface area (Å²) >= 11 is 0. The van der Waals surface area contributed by atoms with Crippen LogP contribution < -0.4 is 11.2 Å². The average molecular weight is 541 g/mol. The number of alkyl halides is 1. The molecule has 1 aliphatic heterocycles. The van der Waals surface area contributed by atoms with Crippen molar-refractivity contribution in [2.24, 2.45) is 0 Å². The number of unbranched alkanes of at least 4 members (excludes halogenated alkanes) is 1. The van der Waals surface area contributed by atoms with E-state index in [0.29, 0.717) is 11.9 Å². The normalized spacial score (nSPS) is 24.5. The summed E-state index contributed by atoms with van der Waals surface area (Å²) in [7, 11) is 2.08. The fourth-order valence-corrected chi connectivity index (χ4v) is 7.44. The highest BCUT2D eigenvalue weighted by molar-refractivity contribution is 8.76. The van der Waals surface area contributed by atoms with Crippen LogP contribution in [-0.2, 0) is 13.8 Å². The van der Waals surface area contributed by atoms with Gasteiger partial charge in [0.15, 0.2) is 12.4 Å². The van der Waals surface area contributed by atoms with Crippen LogP contribution in [0, 0.1) is 0 Å². The summed E-state index contributed by atoms with van der Waals surface area (Å²) in [5, 5.41) is 0.589. The molecule has 12 heteroatoms. The molecule has 0 amide bonds. The third-order valence-electron chi connectivity index (χ3n) is 4.94. The maximum Gasteiger partial charge on any atom is 0.330 e. The molecule has 1 saturated heterocycles. The van der Waals surface area contributed by atoms with E-state index in [9.17, 15) is 9.59 Å². The SMILES string of the molecule is [2H]CC1OC(n2ccc(=O)[nH]c2=O)C(F)C1OP(OCCCCSSC(C)C)N(C(C)C)C(C)C. The Bertz CT molecular complexity index is 870. The number of hydrogen-bond acceptors (Lipinski definition) is 8. The van der Waals surface area contributed by atoms with Gasteiger partial charge in [-0.15, -0.1) is 0 Å². The van der Waals surface area contributed by atoms with Gasteiger partial charge >= 0.3 is 5.69 Å². The molecular formula is C22H39FN3O5PS2. The molecule has 0 spiro atoms. The van der Waals surface area contributed by atoms with Gasteiger partial charge in [-0.1, -0.05) is 35.4 Å². The van der Waals surface area contributed by atoms with E-state index in [4.69, 9.17) is 15.2 Å². The van der Waals surface area contributed by atoms with Crippen LogP contribution in [0.25, 0.3) is 0 Å². The summed E-state index contributed by atoms with van der Waals surface area (Å²) in [6.45, 7) is 12.7. The molecule has 0 saturated carbocycles. The molecule has 1 aromatic heterocycles. The van der Waals surface area contributed by atoms with Crippen molar-refractivity contribution in [2.45, 2.75) is 103 Å². The molecule has 196 valence electrons. The van der Waals surface area contributed by atoms with Gasteiger partial charge in [0.1, 0.15) is 6.10 Å². The van der Waals surface area contributed by atoms with Crippen molar-refractivity contribution in [2.75, 3.05) is 12.4 Å². The summed E-state index contributed by atoms with van der Waals surface area (Å²) in [6.07, 6.45) is -1.91. The molecule has 0 aliphatic carbocycles. The lowest BCUT2D eigenvalue weighted by atomic mass is 10.2. The maximum absolute atomic E-state index is 15.6. The number of halogens is 1. The van der Waals surface area contributed by atoms with Crippen molar-refractivity contribution in [3.8, 4) is 0 Å². The van der Waals surface area contributed by atoms with Crippen LogP contribution in [0.3, 0.4) is 0 Å². The number of nitrogens with one attached hydrogen (secondary N) is 1. The second kappa shape index (κ2) is 14.4. The Hall–Kier alpha value is -0.420. The van der Waals surface area contributed by atoms with Gasteiger partial charge in [0.05, 0.1) is 12.7 Å². The van der Waals surface area contributed by atoms with Gasteiger partial charge in [-0.3, -0.25) is 14.3 Å². The Morgan fingerprint density at radius 1 is 1.26 bits per heavy atom. The second-order valence-electron chi connectivity index (χ2n) is 8.91. The Labute approximate surface area is 212 Å². The zero-order valence-electron chi connectivity index (χ0n) is 21.8. The first kappa shape index (κ1) is 28.2. The summed E-state index contributed by atoms with van der Waals surface area (Å²) in [6, 6.07) is 1.31. The minimum absolute atomic E-state index is 0.0894. The summed E-state index contributed by atoms with van der Waals surface area (Å²) in [4.78, 5) is 25.7. The minimum Gasteiger partial charge on any atom is -0.349 e. The van der Waals surface area contributed by atoms with E-state index in [1.165, 1.54) is 6.20 Å². The number of aromatic nitrogens is 2. The molecule has 2 heterocycles. The number of ether oxygens (including phenoxy) is 1. The van der Waals surface area contributed by atoms with Gasteiger partial charge < -0.3 is 13.8 Å². The predicted octanol–water partition coefficient (Wildman–Crippen LogP) is 5.11. The number of rotatable bonds is 14. The third-order valence-corrected chi connectivity index (χ3v) is 10.1. The molecule has 8 nitrogen and oxygen atoms in total. The fraction of sp³-hybridized carbons (Fsp3) is 0.818. The van der Waals surface area contributed by atoms with Crippen molar-refractivity contribution in [3.63, 3.8) is 0 Å². The number of aromatic amines is 1. The van der Waals surface area contributed by atoms with Crippen LogP contribution in [-0.4, -0.2) is 62.3 Å². The van der Waals surface area contributed by atoms with Gasteiger partial charge in [-0.2, -0.15) is 0 Å². The van der Waals surface area contributed by atoms with Crippen molar-refractivity contribution in [3.05, 3.63) is 33.1 Å². The van der Waals surface area contributed by atoms with E-state index in [1.807, 2.05) is 49.3 Å². The van der Waals surface area contributed by atoms with E-state index in [-0.39, 0.29) is 19.0 Å². The van der Waals surface area contributed by atoms with Crippen LogP contribution in [0.4, 0.5) is 4.39 Å². The number of hydrogen-bond donors (Lipinski definition) is 1. The van der Waals surface area contributed by atoms with E-state index < -0.39 is 44.4 Å². The summed E-state index contributed by atoms with van der Waals surface area (Å²) in [5.74, 6) is 1.03. The molecule has 0 bridgehead atoms. The molecule has 1 aliphatic rings. The van der Waals surface area contributed by atoms with Gasteiger partial charge in [-0.25, -0.2) is 13.9 Å². The zero-order valence-corrected chi connectivity index (χ0v) is 23.3. The molecule has 5 atom stereocenters. The van der Waals surface area contributed by atoms with Gasteiger partial charge in [0.25, 0.3) is 14.1 Å². The molecular weight excluding hydrogens is 500 g/mol. The Morgan fingerprint density at radius 3 is 2.56 bits per heavy atom. The lowest BCUT2D eigenvalue weighted by Crippen LogP contribution is -2.38. The fourth-order valence-electron chi connectivity index (χ4n) is 3.49. The first-order valence-electron chi connectivity index (χ1n) is 12.3. The minimum atomic E-state index is -1.71. The molecule has 1 N–H and O–H groups in total.